The van der Waals surface area contributed by atoms with Gasteiger partial charge in [-0.15, -0.1) is 5.10 Å². The van der Waals surface area contributed by atoms with E-state index >= 15 is 0 Å². The summed E-state index contributed by atoms with van der Waals surface area (Å²) in [7, 11) is 3.21. The molecule has 0 aliphatic carbocycles. The minimum absolute atomic E-state index is 0.186. The number of hydrogen-bond acceptors (Lipinski definition) is 6. The lowest BCUT2D eigenvalue weighted by atomic mass is 10.2. The lowest BCUT2D eigenvalue weighted by Crippen LogP contribution is -2.23. The molecule has 2 aromatic heterocycles. The molecule has 2 heterocycles. The van der Waals surface area contributed by atoms with Crippen LogP contribution in [0.2, 0.25) is 0 Å². The molecule has 0 saturated heterocycles. The molecule has 0 radical (unpaired) electrons. The third kappa shape index (κ3) is 2.82. The second-order valence-corrected chi connectivity index (χ2v) is 6.53. The molecule has 0 aliphatic rings. The molecule has 7 heteroatoms. The van der Waals surface area contributed by atoms with E-state index in [1.165, 1.54) is 15.9 Å². The number of methoxy groups -OCH3 is 2. The minimum Gasteiger partial charge on any atom is -0.497 e. The number of fused-ring (bicyclic) bond motifs is 1. The van der Waals surface area contributed by atoms with E-state index in [0.29, 0.717) is 21.1 Å². The first kappa shape index (κ1) is 16.3. The van der Waals surface area contributed by atoms with Crippen molar-refractivity contribution in [2.45, 2.75) is 0 Å². The first-order valence-corrected chi connectivity index (χ1v) is 8.70. The lowest BCUT2D eigenvalue weighted by Gasteiger charge is -2.03. The summed E-state index contributed by atoms with van der Waals surface area (Å²) in [6.07, 6.45) is 1.82. The molecule has 0 amide bonds. The highest BCUT2D eigenvalue weighted by Crippen LogP contribution is 2.27. The number of rotatable bonds is 4. The number of ether oxygens (including phenoxy) is 2. The number of thiazole rings is 1. The zero-order valence-corrected chi connectivity index (χ0v) is 15.0. The number of nitrogens with zero attached hydrogens (tertiary/aromatic N) is 3. The van der Waals surface area contributed by atoms with Crippen molar-refractivity contribution in [3.8, 4) is 22.9 Å². The Bertz CT molecular complexity index is 1180. The van der Waals surface area contributed by atoms with E-state index in [9.17, 15) is 4.79 Å². The highest BCUT2D eigenvalue weighted by atomic mass is 32.1. The van der Waals surface area contributed by atoms with Crippen molar-refractivity contribution >= 4 is 22.4 Å². The van der Waals surface area contributed by atoms with Crippen LogP contribution in [0.3, 0.4) is 0 Å². The first-order chi connectivity index (χ1) is 12.7. The minimum atomic E-state index is -0.186. The maximum absolute atomic E-state index is 12.6. The molecular weight excluding hydrogens is 350 g/mol. The van der Waals surface area contributed by atoms with Crippen molar-refractivity contribution in [1.29, 1.82) is 0 Å². The molecule has 0 bridgehead atoms. The molecule has 6 nitrogen and oxygen atoms in total. The Balaban J connectivity index is 1.78. The molecule has 0 fully saturated rings. The Kier molecular flexibility index (Phi) is 4.14. The van der Waals surface area contributed by atoms with Gasteiger partial charge in [0.2, 0.25) is 4.96 Å². The van der Waals surface area contributed by atoms with Crippen molar-refractivity contribution in [3.63, 3.8) is 0 Å². The molecule has 0 saturated carbocycles. The number of aromatic nitrogens is 3. The predicted octanol–water partition coefficient (Wildman–Crippen LogP) is 2.38. The quantitative estimate of drug-likeness (QED) is 0.556. The van der Waals surface area contributed by atoms with Gasteiger partial charge in [0.05, 0.1) is 24.3 Å². The third-order valence-electron chi connectivity index (χ3n) is 3.94. The van der Waals surface area contributed by atoms with Crippen LogP contribution in [-0.4, -0.2) is 28.8 Å². The van der Waals surface area contributed by atoms with E-state index in [0.717, 1.165) is 16.9 Å². The Labute approximate surface area is 153 Å². The number of para-hydroxylation sites is 1. The maximum atomic E-state index is 12.6. The van der Waals surface area contributed by atoms with E-state index in [1.807, 2.05) is 54.6 Å². The van der Waals surface area contributed by atoms with Crippen LogP contribution in [-0.2, 0) is 0 Å². The van der Waals surface area contributed by atoms with Gasteiger partial charge in [0.25, 0.3) is 5.56 Å². The van der Waals surface area contributed by atoms with Gasteiger partial charge in [0, 0.05) is 0 Å². The van der Waals surface area contributed by atoms with E-state index < -0.39 is 0 Å². The zero-order chi connectivity index (χ0) is 18.1. The van der Waals surface area contributed by atoms with Crippen LogP contribution in [0.5, 0.6) is 11.5 Å². The molecular formula is C19H15N3O3S. The van der Waals surface area contributed by atoms with Gasteiger partial charge in [0.15, 0.2) is 5.82 Å². The van der Waals surface area contributed by atoms with Gasteiger partial charge < -0.3 is 9.47 Å². The zero-order valence-electron chi connectivity index (χ0n) is 14.2. The summed E-state index contributed by atoms with van der Waals surface area (Å²) in [5.41, 5.74) is 1.48. The average Bonchev–Trinajstić information content (AvgIpc) is 3.22. The van der Waals surface area contributed by atoms with E-state index in [2.05, 4.69) is 10.1 Å². The van der Waals surface area contributed by atoms with Crippen LogP contribution in [0.4, 0.5) is 0 Å². The van der Waals surface area contributed by atoms with Crippen LogP contribution in [0, 0.1) is 0 Å². The number of hydrogen-bond donors (Lipinski definition) is 0. The van der Waals surface area contributed by atoms with Crippen LogP contribution in [0.25, 0.3) is 22.4 Å². The second kappa shape index (κ2) is 6.61. The Morgan fingerprint density at radius 2 is 1.81 bits per heavy atom. The fourth-order valence-electron chi connectivity index (χ4n) is 2.63. The van der Waals surface area contributed by atoms with Gasteiger partial charge in [-0.2, -0.15) is 9.50 Å². The normalized spacial score (nSPS) is 11.8. The summed E-state index contributed by atoms with van der Waals surface area (Å²) in [5.74, 6) is 1.92. The smallest absolute Gasteiger partial charge is 0.291 e. The van der Waals surface area contributed by atoms with Crippen molar-refractivity contribution < 1.29 is 9.47 Å². The SMILES string of the molecule is COc1ccc(C=c2sc3nc(-c4ccccc4OC)nn3c2=O)cc1. The first-order valence-electron chi connectivity index (χ1n) is 7.88. The topological polar surface area (TPSA) is 65.7 Å². The molecule has 4 aromatic rings. The fraction of sp³-hybridized carbons (Fsp3) is 0.105. The molecule has 0 spiro atoms. The summed E-state index contributed by atoms with van der Waals surface area (Å²) in [4.78, 5) is 17.7. The van der Waals surface area contributed by atoms with E-state index in [4.69, 9.17) is 9.47 Å². The highest BCUT2D eigenvalue weighted by molar-refractivity contribution is 7.15. The number of benzene rings is 2. The van der Waals surface area contributed by atoms with Gasteiger partial charge in [-0.25, -0.2) is 0 Å². The van der Waals surface area contributed by atoms with Crippen molar-refractivity contribution in [2.24, 2.45) is 0 Å². The lowest BCUT2D eigenvalue weighted by molar-refractivity contribution is 0.415. The van der Waals surface area contributed by atoms with Gasteiger partial charge in [-0.3, -0.25) is 4.79 Å². The van der Waals surface area contributed by atoms with Crippen LogP contribution in [0.15, 0.2) is 53.3 Å². The Morgan fingerprint density at radius 3 is 2.50 bits per heavy atom. The Hall–Kier alpha value is -3.19. The van der Waals surface area contributed by atoms with Crippen LogP contribution in [0.1, 0.15) is 5.56 Å². The molecule has 0 unspecified atom stereocenters. The molecule has 2 aromatic carbocycles. The van der Waals surface area contributed by atoms with E-state index in [1.54, 1.807) is 14.2 Å². The second-order valence-electron chi connectivity index (χ2n) is 5.52. The summed E-state index contributed by atoms with van der Waals surface area (Å²) in [6.45, 7) is 0. The highest BCUT2D eigenvalue weighted by Gasteiger charge is 2.14. The molecule has 4 rings (SSSR count). The van der Waals surface area contributed by atoms with Crippen LogP contribution >= 0.6 is 11.3 Å². The summed E-state index contributed by atoms with van der Waals surface area (Å²) in [5, 5.41) is 4.36. The third-order valence-corrected chi connectivity index (χ3v) is 4.90. The predicted molar refractivity (Wildman–Crippen MR) is 101 cm³/mol. The molecule has 0 aliphatic heterocycles. The van der Waals surface area contributed by atoms with Crippen molar-refractivity contribution in [2.75, 3.05) is 14.2 Å². The molecule has 0 atom stereocenters. The van der Waals surface area contributed by atoms with Crippen molar-refractivity contribution in [3.05, 3.63) is 69.0 Å². The largest absolute Gasteiger partial charge is 0.497 e. The monoisotopic (exact) mass is 365 g/mol. The van der Waals surface area contributed by atoms with Gasteiger partial charge in [-0.05, 0) is 35.9 Å². The summed E-state index contributed by atoms with van der Waals surface area (Å²) < 4.78 is 12.4. The maximum Gasteiger partial charge on any atom is 0.291 e. The van der Waals surface area contributed by atoms with Gasteiger partial charge >= 0.3 is 0 Å². The van der Waals surface area contributed by atoms with Gasteiger partial charge in [-0.1, -0.05) is 35.6 Å². The molecule has 130 valence electrons. The van der Waals surface area contributed by atoms with Crippen LogP contribution < -0.4 is 19.6 Å². The summed E-state index contributed by atoms with van der Waals surface area (Å²) >= 11 is 1.31. The summed E-state index contributed by atoms with van der Waals surface area (Å²) in [6, 6.07) is 15.0. The Morgan fingerprint density at radius 1 is 1.04 bits per heavy atom. The standard InChI is InChI=1S/C19H15N3O3S/c1-24-13-9-7-12(8-10-13)11-16-18(23)22-19(26-16)20-17(21-22)14-5-3-4-6-15(14)25-2/h3-11H,1-2H3. The van der Waals surface area contributed by atoms with Crippen molar-refractivity contribution in [1.82, 2.24) is 14.6 Å². The average molecular weight is 365 g/mol. The van der Waals surface area contributed by atoms with E-state index in [-0.39, 0.29) is 5.56 Å². The fourth-order valence-corrected chi connectivity index (χ4v) is 3.54. The molecule has 26 heavy (non-hydrogen) atoms. The van der Waals surface area contributed by atoms with Gasteiger partial charge in [0.1, 0.15) is 11.5 Å². The molecule has 0 N–H and O–H groups in total.